The number of fused-ring (bicyclic) bond motifs is 1. The van der Waals surface area contributed by atoms with Crippen LogP contribution in [-0.2, 0) is 14.3 Å². The molecular formula is C13H16N2O5. The second kappa shape index (κ2) is 5.77. The Kier molecular flexibility index (Phi) is 4.07. The second-order valence-corrected chi connectivity index (χ2v) is 4.14. The Morgan fingerprint density at radius 3 is 2.75 bits per heavy atom. The van der Waals surface area contributed by atoms with Crippen molar-refractivity contribution >= 4 is 17.4 Å². The fourth-order valence-electron chi connectivity index (χ4n) is 2.20. The van der Waals surface area contributed by atoms with Crippen LogP contribution in [0.2, 0.25) is 0 Å². The van der Waals surface area contributed by atoms with Crippen LogP contribution in [0, 0.1) is 0 Å². The third-order valence-electron chi connectivity index (χ3n) is 3.09. The van der Waals surface area contributed by atoms with Crippen molar-refractivity contribution in [2.75, 3.05) is 32.7 Å². The molecule has 2 rings (SSSR count). The Bertz CT molecular complexity index is 544. The number of pyridine rings is 1. The average molecular weight is 280 g/mol. The van der Waals surface area contributed by atoms with Crippen LogP contribution in [0.1, 0.15) is 18.4 Å². The number of rotatable bonds is 5. The molecule has 1 unspecified atom stereocenters. The maximum absolute atomic E-state index is 12.1. The van der Waals surface area contributed by atoms with Crippen LogP contribution in [0.15, 0.2) is 6.20 Å². The fourth-order valence-corrected chi connectivity index (χ4v) is 2.20. The normalized spacial score (nSPS) is 16.1. The standard InChI is InChI=1S/C13H16N2O5/c1-4-20-13(17)11(16)7-5-14-10-9(7)8(18-2)6-15-12(10)19-3/h6-7,14H,4-5H2,1-3H3. The van der Waals surface area contributed by atoms with Gasteiger partial charge >= 0.3 is 5.97 Å². The summed E-state index contributed by atoms with van der Waals surface area (Å²) in [5.41, 5.74) is 1.16. The highest BCUT2D eigenvalue weighted by Crippen LogP contribution is 2.43. The minimum absolute atomic E-state index is 0.161. The lowest BCUT2D eigenvalue weighted by atomic mass is 9.96. The summed E-state index contributed by atoms with van der Waals surface area (Å²) >= 11 is 0. The molecule has 0 fully saturated rings. The van der Waals surface area contributed by atoms with Gasteiger partial charge in [0, 0.05) is 12.1 Å². The molecule has 0 radical (unpaired) electrons. The van der Waals surface area contributed by atoms with Crippen molar-refractivity contribution in [1.82, 2.24) is 4.98 Å². The minimum atomic E-state index is -0.843. The van der Waals surface area contributed by atoms with Crippen molar-refractivity contribution in [3.05, 3.63) is 11.8 Å². The van der Waals surface area contributed by atoms with E-state index in [-0.39, 0.29) is 13.2 Å². The fraction of sp³-hybridized carbons (Fsp3) is 0.462. The first kappa shape index (κ1) is 14.1. The summed E-state index contributed by atoms with van der Waals surface area (Å²) in [6.07, 6.45) is 1.47. The van der Waals surface area contributed by atoms with Crippen LogP contribution in [0.25, 0.3) is 0 Å². The van der Waals surface area contributed by atoms with Gasteiger partial charge in [0.1, 0.15) is 11.4 Å². The number of anilines is 1. The number of ketones is 1. The first-order valence-electron chi connectivity index (χ1n) is 6.19. The predicted octanol–water partition coefficient (Wildman–Crippen LogP) is 0.740. The lowest BCUT2D eigenvalue weighted by Crippen LogP contribution is -2.25. The summed E-state index contributed by atoms with van der Waals surface area (Å²) in [6, 6.07) is 0. The van der Waals surface area contributed by atoms with E-state index in [1.807, 2.05) is 0 Å². The molecule has 1 aromatic heterocycles. The SMILES string of the molecule is CCOC(=O)C(=O)C1CNc2c(OC)ncc(OC)c21. The van der Waals surface area contributed by atoms with E-state index in [0.29, 0.717) is 22.9 Å². The zero-order chi connectivity index (χ0) is 14.7. The molecule has 108 valence electrons. The quantitative estimate of drug-likeness (QED) is 0.628. The number of hydrogen-bond donors (Lipinski definition) is 1. The van der Waals surface area contributed by atoms with Crippen molar-refractivity contribution in [3.63, 3.8) is 0 Å². The summed E-state index contributed by atoms with van der Waals surface area (Å²) in [4.78, 5) is 27.8. The smallest absolute Gasteiger partial charge is 0.375 e. The molecule has 1 atom stereocenters. The van der Waals surface area contributed by atoms with E-state index in [0.717, 1.165) is 0 Å². The summed E-state index contributed by atoms with van der Waals surface area (Å²) < 4.78 is 15.1. The lowest BCUT2D eigenvalue weighted by molar-refractivity contribution is -0.154. The van der Waals surface area contributed by atoms with Gasteiger partial charge in [0.25, 0.3) is 0 Å². The van der Waals surface area contributed by atoms with E-state index in [1.165, 1.54) is 20.4 Å². The Balaban J connectivity index is 2.40. The van der Waals surface area contributed by atoms with Gasteiger partial charge < -0.3 is 19.5 Å². The summed E-state index contributed by atoms with van der Waals surface area (Å²) in [7, 11) is 2.96. The highest BCUT2D eigenvalue weighted by molar-refractivity contribution is 6.36. The number of nitrogens with one attached hydrogen (secondary N) is 1. The van der Waals surface area contributed by atoms with Crippen molar-refractivity contribution in [3.8, 4) is 11.6 Å². The average Bonchev–Trinajstić information content (AvgIpc) is 2.90. The molecule has 1 aromatic rings. The third-order valence-corrected chi connectivity index (χ3v) is 3.09. The molecule has 0 spiro atoms. The predicted molar refractivity (Wildman–Crippen MR) is 70.2 cm³/mol. The maximum atomic E-state index is 12.1. The van der Waals surface area contributed by atoms with Gasteiger partial charge in [-0.3, -0.25) is 4.79 Å². The molecule has 7 nitrogen and oxygen atoms in total. The summed E-state index contributed by atoms with van der Waals surface area (Å²) in [6.45, 7) is 2.10. The Morgan fingerprint density at radius 2 is 2.15 bits per heavy atom. The van der Waals surface area contributed by atoms with E-state index in [2.05, 4.69) is 10.3 Å². The van der Waals surface area contributed by atoms with Crippen molar-refractivity contribution in [2.24, 2.45) is 0 Å². The maximum Gasteiger partial charge on any atom is 0.375 e. The van der Waals surface area contributed by atoms with Crippen molar-refractivity contribution in [1.29, 1.82) is 0 Å². The van der Waals surface area contributed by atoms with Gasteiger partial charge in [-0.05, 0) is 6.92 Å². The molecule has 20 heavy (non-hydrogen) atoms. The Morgan fingerprint density at radius 1 is 1.40 bits per heavy atom. The number of nitrogens with zero attached hydrogens (tertiary/aromatic N) is 1. The summed E-state index contributed by atoms with van der Waals surface area (Å²) in [5.74, 6) is -1.31. The van der Waals surface area contributed by atoms with Gasteiger partial charge in [0.2, 0.25) is 11.7 Å². The molecule has 0 bridgehead atoms. The van der Waals surface area contributed by atoms with Gasteiger partial charge in [-0.15, -0.1) is 0 Å². The topological polar surface area (TPSA) is 86.8 Å². The van der Waals surface area contributed by atoms with Crippen LogP contribution in [0.5, 0.6) is 11.6 Å². The monoisotopic (exact) mass is 280 g/mol. The lowest BCUT2D eigenvalue weighted by Gasteiger charge is -2.13. The molecule has 0 saturated heterocycles. The van der Waals surface area contributed by atoms with Gasteiger partial charge in [-0.2, -0.15) is 0 Å². The van der Waals surface area contributed by atoms with Crippen LogP contribution in [0.4, 0.5) is 5.69 Å². The van der Waals surface area contributed by atoms with E-state index in [4.69, 9.17) is 14.2 Å². The van der Waals surface area contributed by atoms with E-state index in [9.17, 15) is 9.59 Å². The molecular weight excluding hydrogens is 264 g/mol. The molecule has 1 N–H and O–H groups in total. The van der Waals surface area contributed by atoms with Crippen LogP contribution in [-0.4, -0.2) is 44.1 Å². The van der Waals surface area contributed by atoms with Crippen LogP contribution < -0.4 is 14.8 Å². The van der Waals surface area contributed by atoms with Gasteiger partial charge in [-0.1, -0.05) is 0 Å². The molecule has 0 saturated carbocycles. The number of ether oxygens (including phenoxy) is 3. The first-order chi connectivity index (χ1) is 9.63. The van der Waals surface area contributed by atoms with Gasteiger partial charge in [0.15, 0.2) is 0 Å². The molecule has 1 aliphatic rings. The molecule has 0 amide bonds. The molecule has 1 aliphatic heterocycles. The number of Topliss-reactive ketones (excluding diaryl/α,β-unsaturated/α-hetero) is 1. The Labute approximate surface area is 116 Å². The number of carbonyl (C=O) groups is 2. The van der Waals surface area contributed by atoms with Crippen molar-refractivity contribution < 1.29 is 23.8 Å². The van der Waals surface area contributed by atoms with Crippen LogP contribution in [0.3, 0.4) is 0 Å². The molecule has 0 aromatic carbocycles. The van der Waals surface area contributed by atoms with Crippen LogP contribution >= 0.6 is 0 Å². The minimum Gasteiger partial charge on any atom is -0.495 e. The van der Waals surface area contributed by atoms with E-state index in [1.54, 1.807) is 6.92 Å². The molecule has 2 heterocycles. The Hall–Kier alpha value is -2.31. The van der Waals surface area contributed by atoms with Crippen molar-refractivity contribution in [2.45, 2.75) is 12.8 Å². The van der Waals surface area contributed by atoms with Gasteiger partial charge in [-0.25, -0.2) is 9.78 Å². The third kappa shape index (κ3) is 2.26. The van der Waals surface area contributed by atoms with E-state index < -0.39 is 17.7 Å². The summed E-state index contributed by atoms with van der Waals surface area (Å²) in [5, 5.41) is 3.03. The number of esters is 1. The number of aromatic nitrogens is 1. The second-order valence-electron chi connectivity index (χ2n) is 4.14. The number of hydrogen-bond acceptors (Lipinski definition) is 7. The number of carbonyl (C=O) groups excluding carboxylic acids is 2. The largest absolute Gasteiger partial charge is 0.495 e. The molecule has 0 aliphatic carbocycles. The number of methoxy groups -OCH3 is 2. The zero-order valence-electron chi connectivity index (χ0n) is 11.6. The van der Waals surface area contributed by atoms with Gasteiger partial charge in [0.05, 0.1) is 32.9 Å². The highest BCUT2D eigenvalue weighted by atomic mass is 16.5. The highest BCUT2D eigenvalue weighted by Gasteiger charge is 2.38. The van der Waals surface area contributed by atoms with E-state index >= 15 is 0 Å². The zero-order valence-corrected chi connectivity index (χ0v) is 11.6. The molecule has 7 heteroatoms. The first-order valence-corrected chi connectivity index (χ1v) is 6.19.